The molecule has 0 saturated carbocycles. The van der Waals surface area contributed by atoms with Gasteiger partial charge in [-0.15, -0.1) is 11.3 Å². The molecule has 0 amide bonds. The Labute approximate surface area is 224 Å². The molecule has 0 radical (unpaired) electrons. The Bertz CT molecular complexity index is 1520. The van der Waals surface area contributed by atoms with Gasteiger partial charge in [0.25, 0.3) is 0 Å². The second kappa shape index (κ2) is 10.8. The van der Waals surface area contributed by atoms with E-state index in [2.05, 4.69) is 54.7 Å². The average molecular weight is 535 g/mol. The maximum absolute atomic E-state index is 6.33. The number of anilines is 1. The summed E-state index contributed by atoms with van der Waals surface area (Å²) in [6.07, 6.45) is 0. The molecule has 36 heavy (non-hydrogen) atoms. The number of para-hydroxylation sites is 1. The van der Waals surface area contributed by atoms with Gasteiger partial charge in [0.15, 0.2) is 11.5 Å². The van der Waals surface area contributed by atoms with Crippen LogP contribution < -0.4 is 14.8 Å². The number of aromatic nitrogens is 1. The largest absolute Gasteiger partial charge is 0.493 e. The predicted octanol–water partition coefficient (Wildman–Crippen LogP) is 8.78. The molecule has 5 aromatic rings. The van der Waals surface area contributed by atoms with Gasteiger partial charge in [0.05, 0.1) is 17.3 Å². The third kappa shape index (κ3) is 5.44. The van der Waals surface area contributed by atoms with Crippen LogP contribution in [0.1, 0.15) is 16.7 Å². The average Bonchev–Trinajstić information content (AvgIpc) is 3.30. The van der Waals surface area contributed by atoms with Crippen LogP contribution >= 0.6 is 34.5 Å². The number of nitrogens with zero attached hydrogens (tertiary/aromatic N) is 1. The molecule has 1 aromatic heterocycles. The van der Waals surface area contributed by atoms with Crippen molar-refractivity contribution < 1.29 is 9.47 Å². The van der Waals surface area contributed by atoms with Crippen LogP contribution in [0.25, 0.3) is 20.8 Å². The molecule has 1 N–H and O–H groups in total. The van der Waals surface area contributed by atoms with Crippen molar-refractivity contribution in [1.82, 2.24) is 4.98 Å². The predicted molar refractivity (Wildman–Crippen MR) is 151 cm³/mol. The monoisotopic (exact) mass is 534 g/mol. The molecule has 4 nitrogen and oxygen atoms in total. The van der Waals surface area contributed by atoms with Gasteiger partial charge in [0.1, 0.15) is 11.6 Å². The summed E-state index contributed by atoms with van der Waals surface area (Å²) < 4.78 is 12.9. The Balaban J connectivity index is 1.30. The Morgan fingerprint density at radius 3 is 2.53 bits per heavy atom. The van der Waals surface area contributed by atoms with E-state index in [9.17, 15) is 0 Å². The van der Waals surface area contributed by atoms with E-state index in [1.54, 1.807) is 30.6 Å². The molecular weight excluding hydrogens is 511 g/mol. The van der Waals surface area contributed by atoms with E-state index >= 15 is 0 Å². The number of halogens is 2. The molecule has 7 heteroatoms. The molecule has 0 saturated heterocycles. The smallest absolute Gasteiger partial charge is 0.166 e. The number of aryl methyl sites for hydroxylation is 1. The first-order valence-corrected chi connectivity index (χ1v) is 13.0. The second-order valence-electron chi connectivity index (χ2n) is 8.39. The number of hydrogen-bond acceptors (Lipinski definition) is 5. The van der Waals surface area contributed by atoms with Crippen molar-refractivity contribution in [2.75, 3.05) is 12.4 Å². The van der Waals surface area contributed by atoms with Crippen LogP contribution in [0.5, 0.6) is 11.5 Å². The highest BCUT2D eigenvalue weighted by molar-refractivity contribution is 7.21. The van der Waals surface area contributed by atoms with E-state index in [-0.39, 0.29) is 0 Å². The lowest BCUT2D eigenvalue weighted by Crippen LogP contribution is -2.05. The first kappa shape index (κ1) is 24.4. The van der Waals surface area contributed by atoms with Crippen LogP contribution in [0.2, 0.25) is 10.0 Å². The summed E-state index contributed by atoms with van der Waals surface area (Å²) in [4.78, 5) is 4.79. The fourth-order valence-electron chi connectivity index (χ4n) is 3.90. The molecule has 1 heterocycles. The molecule has 0 fully saturated rings. The fourth-order valence-corrected chi connectivity index (χ4v) is 5.43. The zero-order chi connectivity index (χ0) is 25.1. The molecule has 0 bridgehead atoms. The van der Waals surface area contributed by atoms with Crippen LogP contribution in [-0.2, 0) is 13.2 Å². The first-order valence-electron chi connectivity index (χ1n) is 11.4. The molecule has 0 unspecified atom stereocenters. The van der Waals surface area contributed by atoms with E-state index in [0.717, 1.165) is 32.9 Å². The Morgan fingerprint density at radius 1 is 0.917 bits per heavy atom. The summed E-state index contributed by atoms with van der Waals surface area (Å²) in [6, 6.07) is 25.9. The van der Waals surface area contributed by atoms with Crippen molar-refractivity contribution in [2.45, 2.75) is 20.1 Å². The lowest BCUT2D eigenvalue weighted by molar-refractivity contribution is 0.282. The summed E-state index contributed by atoms with van der Waals surface area (Å²) in [7, 11) is 1.64. The van der Waals surface area contributed by atoms with Crippen molar-refractivity contribution in [3.05, 3.63) is 106 Å². The molecule has 0 aliphatic rings. The minimum absolute atomic E-state index is 0.305. The van der Waals surface area contributed by atoms with E-state index in [0.29, 0.717) is 34.7 Å². The lowest BCUT2D eigenvalue weighted by atomic mass is 10.1. The van der Waals surface area contributed by atoms with Crippen molar-refractivity contribution in [2.24, 2.45) is 0 Å². The summed E-state index contributed by atoms with van der Waals surface area (Å²) in [5, 5.41) is 5.67. The number of methoxy groups -OCH3 is 1. The number of rotatable bonds is 8. The van der Waals surface area contributed by atoms with Crippen molar-refractivity contribution >= 4 is 50.4 Å². The highest BCUT2D eigenvalue weighted by Gasteiger charge is 2.13. The molecule has 0 atom stereocenters. The van der Waals surface area contributed by atoms with Gasteiger partial charge in [-0.3, -0.25) is 0 Å². The van der Waals surface area contributed by atoms with Crippen molar-refractivity contribution in [1.29, 1.82) is 0 Å². The minimum atomic E-state index is 0.305. The maximum Gasteiger partial charge on any atom is 0.166 e. The Hall–Kier alpha value is -3.25. The molecule has 0 spiro atoms. The highest BCUT2D eigenvalue weighted by atomic mass is 35.5. The minimum Gasteiger partial charge on any atom is -0.493 e. The second-order valence-corrected chi connectivity index (χ2v) is 10.3. The molecule has 0 aliphatic carbocycles. The quantitative estimate of drug-likeness (QED) is 0.216. The van der Waals surface area contributed by atoms with E-state index in [1.165, 1.54) is 10.3 Å². The molecule has 182 valence electrons. The molecular formula is C29H24Cl2N2O2S. The van der Waals surface area contributed by atoms with E-state index in [4.69, 9.17) is 37.7 Å². The lowest BCUT2D eigenvalue weighted by Gasteiger charge is -2.16. The van der Waals surface area contributed by atoms with Crippen LogP contribution in [0.15, 0.2) is 78.9 Å². The number of thiazole rings is 1. The summed E-state index contributed by atoms with van der Waals surface area (Å²) >= 11 is 14.1. The van der Waals surface area contributed by atoms with Crippen molar-refractivity contribution in [3.63, 3.8) is 0 Å². The zero-order valence-electron chi connectivity index (χ0n) is 19.8. The van der Waals surface area contributed by atoms with Gasteiger partial charge in [0.2, 0.25) is 0 Å². The van der Waals surface area contributed by atoms with Gasteiger partial charge in [-0.05, 0) is 67.1 Å². The van der Waals surface area contributed by atoms with Crippen molar-refractivity contribution in [3.8, 4) is 22.1 Å². The third-order valence-corrected chi connectivity index (χ3v) is 7.48. The van der Waals surface area contributed by atoms with Crippen LogP contribution in [0.4, 0.5) is 5.69 Å². The summed E-state index contributed by atoms with van der Waals surface area (Å²) in [5.41, 5.74) is 6.22. The molecule has 4 aromatic carbocycles. The summed E-state index contributed by atoms with van der Waals surface area (Å²) in [6.45, 7) is 2.98. The van der Waals surface area contributed by atoms with E-state index in [1.807, 2.05) is 24.3 Å². The van der Waals surface area contributed by atoms with Gasteiger partial charge in [0, 0.05) is 39.0 Å². The van der Waals surface area contributed by atoms with Crippen LogP contribution in [0, 0.1) is 6.92 Å². The van der Waals surface area contributed by atoms with Gasteiger partial charge < -0.3 is 14.8 Å². The Morgan fingerprint density at radius 2 is 1.75 bits per heavy atom. The van der Waals surface area contributed by atoms with Gasteiger partial charge in [-0.2, -0.15) is 0 Å². The maximum atomic E-state index is 6.33. The zero-order valence-corrected chi connectivity index (χ0v) is 22.2. The SMILES string of the molecule is COc1cccc(CNc2ccc(-c3nc4ccc(C)cc4s3)cc2)c1OCc1ccc(Cl)cc1Cl. The standard InChI is InChI=1S/C29H24Cl2N2O2S/c1-18-6-13-25-27(14-18)36-29(33-25)19-8-11-23(12-9-19)32-16-20-4-3-5-26(34-2)28(20)35-17-21-7-10-22(30)15-24(21)31/h3-15,32H,16-17H2,1-2H3. The van der Waals surface area contributed by atoms with Crippen LogP contribution in [0.3, 0.4) is 0 Å². The molecule has 5 rings (SSSR count). The van der Waals surface area contributed by atoms with Gasteiger partial charge in [-0.1, -0.05) is 47.5 Å². The molecule has 0 aliphatic heterocycles. The normalized spacial score (nSPS) is 11.0. The topological polar surface area (TPSA) is 43.4 Å². The number of ether oxygens (including phenoxy) is 2. The van der Waals surface area contributed by atoms with Gasteiger partial charge in [-0.25, -0.2) is 4.98 Å². The number of fused-ring (bicyclic) bond motifs is 1. The third-order valence-electron chi connectivity index (χ3n) is 5.83. The number of benzene rings is 4. The highest BCUT2D eigenvalue weighted by Crippen LogP contribution is 2.34. The summed E-state index contributed by atoms with van der Waals surface area (Å²) in [5.74, 6) is 1.35. The number of hydrogen-bond donors (Lipinski definition) is 1. The van der Waals surface area contributed by atoms with E-state index < -0.39 is 0 Å². The Kier molecular flexibility index (Phi) is 7.33. The first-order chi connectivity index (χ1) is 17.5. The van der Waals surface area contributed by atoms with Gasteiger partial charge >= 0.3 is 0 Å². The van der Waals surface area contributed by atoms with Crippen LogP contribution in [-0.4, -0.2) is 12.1 Å². The number of nitrogens with one attached hydrogen (secondary N) is 1. The fraction of sp³-hybridized carbons (Fsp3) is 0.138.